The first-order chi connectivity index (χ1) is 15.4. The Morgan fingerprint density at radius 1 is 1.41 bits per heavy atom. The molecule has 1 aromatic carbocycles. The van der Waals surface area contributed by atoms with Crippen LogP contribution in [0.25, 0.3) is 11.3 Å². The SMILES string of the molecule is CCS(=O)(=O)N(c1sc(C(=O)c2cc(-c3ccccc3)no2)c(N)c1C#N)C1CCNC1. The van der Waals surface area contributed by atoms with Crippen LogP contribution in [0.15, 0.2) is 40.9 Å². The molecule has 0 aliphatic carbocycles. The molecule has 1 saturated heterocycles. The first-order valence-electron chi connectivity index (χ1n) is 9.99. The Morgan fingerprint density at radius 2 is 2.16 bits per heavy atom. The number of hydrogen-bond donors (Lipinski definition) is 2. The topological polar surface area (TPSA) is 142 Å². The lowest BCUT2D eigenvalue weighted by Gasteiger charge is -2.28. The number of carbonyl (C=O) groups is 1. The number of benzene rings is 1. The molecule has 0 amide bonds. The molecule has 2 aromatic heterocycles. The van der Waals surface area contributed by atoms with Gasteiger partial charge in [0.15, 0.2) is 0 Å². The molecule has 0 saturated carbocycles. The van der Waals surface area contributed by atoms with E-state index in [4.69, 9.17) is 10.3 Å². The standard InChI is InChI=1S/C21H21N5O4S2/c1-2-32(28,29)26(14-8-9-24-12-14)21-15(11-22)18(23)20(31-21)19(27)17-10-16(25-30-17)13-6-4-3-5-7-13/h3-7,10,14,24H,2,8-9,12,23H2,1H3. The second-order valence-electron chi connectivity index (χ2n) is 7.25. The van der Waals surface area contributed by atoms with Crippen molar-refractivity contribution in [2.75, 3.05) is 28.9 Å². The van der Waals surface area contributed by atoms with Gasteiger partial charge >= 0.3 is 0 Å². The van der Waals surface area contributed by atoms with Crippen LogP contribution in [0.5, 0.6) is 0 Å². The average Bonchev–Trinajstić information content (AvgIpc) is 3.55. The number of nitrogens with two attached hydrogens (primary N) is 1. The van der Waals surface area contributed by atoms with Gasteiger partial charge in [-0.15, -0.1) is 11.3 Å². The van der Waals surface area contributed by atoms with E-state index in [9.17, 15) is 18.5 Å². The van der Waals surface area contributed by atoms with E-state index in [0.29, 0.717) is 25.2 Å². The third kappa shape index (κ3) is 3.88. The zero-order valence-corrected chi connectivity index (χ0v) is 18.9. The molecule has 1 atom stereocenters. The zero-order valence-electron chi connectivity index (χ0n) is 17.2. The summed E-state index contributed by atoms with van der Waals surface area (Å²) in [4.78, 5) is 13.2. The van der Waals surface area contributed by atoms with E-state index < -0.39 is 15.8 Å². The van der Waals surface area contributed by atoms with Crippen LogP contribution in [0.4, 0.5) is 10.7 Å². The summed E-state index contributed by atoms with van der Waals surface area (Å²) < 4.78 is 32.3. The quantitative estimate of drug-likeness (QED) is 0.501. The smallest absolute Gasteiger partial charge is 0.243 e. The Balaban J connectivity index is 1.76. The average molecular weight is 472 g/mol. The summed E-state index contributed by atoms with van der Waals surface area (Å²) in [6, 6.07) is 12.3. The van der Waals surface area contributed by atoms with Gasteiger partial charge in [0.2, 0.25) is 21.6 Å². The molecule has 0 radical (unpaired) electrons. The van der Waals surface area contributed by atoms with E-state index in [2.05, 4.69) is 10.5 Å². The molecule has 0 bridgehead atoms. The van der Waals surface area contributed by atoms with Gasteiger partial charge in [-0.25, -0.2) is 8.42 Å². The van der Waals surface area contributed by atoms with Crippen molar-refractivity contribution < 1.29 is 17.7 Å². The number of thiophene rings is 1. The van der Waals surface area contributed by atoms with Gasteiger partial charge in [0.1, 0.15) is 27.2 Å². The summed E-state index contributed by atoms with van der Waals surface area (Å²) >= 11 is 0.890. The third-order valence-electron chi connectivity index (χ3n) is 5.28. The molecule has 4 rings (SSSR count). The fourth-order valence-electron chi connectivity index (χ4n) is 3.60. The summed E-state index contributed by atoms with van der Waals surface area (Å²) in [6.45, 7) is 2.66. The largest absolute Gasteiger partial charge is 0.396 e. The molecule has 1 aliphatic heterocycles. The summed E-state index contributed by atoms with van der Waals surface area (Å²) in [7, 11) is -3.71. The van der Waals surface area contributed by atoms with Crippen LogP contribution < -0.4 is 15.4 Å². The van der Waals surface area contributed by atoms with Crippen molar-refractivity contribution in [3.8, 4) is 17.3 Å². The maximum absolute atomic E-state index is 13.2. The highest BCUT2D eigenvalue weighted by atomic mass is 32.2. The highest BCUT2D eigenvalue weighted by Crippen LogP contribution is 2.42. The van der Waals surface area contributed by atoms with Crippen LogP contribution in [-0.4, -0.2) is 44.2 Å². The van der Waals surface area contributed by atoms with Crippen LogP contribution in [0.1, 0.15) is 34.3 Å². The second kappa shape index (κ2) is 8.74. The maximum atomic E-state index is 13.2. The van der Waals surface area contributed by atoms with Gasteiger partial charge in [-0.1, -0.05) is 35.5 Å². The van der Waals surface area contributed by atoms with Gasteiger partial charge in [-0.2, -0.15) is 5.26 Å². The van der Waals surface area contributed by atoms with E-state index in [0.717, 1.165) is 16.9 Å². The molecule has 1 aliphatic rings. The molecule has 3 aromatic rings. The Hall–Kier alpha value is -3.20. The molecule has 3 N–H and O–H groups in total. The van der Waals surface area contributed by atoms with Crippen molar-refractivity contribution in [1.29, 1.82) is 5.26 Å². The Kier molecular flexibility index (Phi) is 6.01. The summed E-state index contributed by atoms with van der Waals surface area (Å²) in [5, 5.41) is 17.0. The summed E-state index contributed by atoms with van der Waals surface area (Å²) in [6.07, 6.45) is 0.591. The number of rotatable bonds is 7. The first kappa shape index (κ1) is 22.0. The van der Waals surface area contributed by atoms with E-state index in [-0.39, 0.29) is 38.7 Å². The molecule has 32 heavy (non-hydrogen) atoms. The summed E-state index contributed by atoms with van der Waals surface area (Å²) in [5.74, 6) is -0.735. The van der Waals surface area contributed by atoms with Gasteiger partial charge < -0.3 is 15.6 Å². The number of anilines is 2. The lowest BCUT2D eigenvalue weighted by atomic mass is 10.1. The van der Waals surface area contributed by atoms with E-state index in [1.54, 1.807) is 6.92 Å². The predicted molar refractivity (Wildman–Crippen MR) is 122 cm³/mol. The minimum absolute atomic E-state index is 0.0231. The maximum Gasteiger partial charge on any atom is 0.243 e. The number of ketones is 1. The molecule has 0 spiro atoms. The van der Waals surface area contributed by atoms with Gasteiger partial charge in [-0.3, -0.25) is 9.10 Å². The third-order valence-corrected chi connectivity index (χ3v) is 8.41. The number of sulfonamides is 1. The lowest BCUT2D eigenvalue weighted by Crippen LogP contribution is -2.42. The molecule has 3 heterocycles. The van der Waals surface area contributed by atoms with Crippen molar-refractivity contribution in [2.24, 2.45) is 0 Å². The van der Waals surface area contributed by atoms with Crippen LogP contribution >= 0.6 is 11.3 Å². The predicted octanol–water partition coefficient (Wildman–Crippen LogP) is 2.61. The molecule has 166 valence electrons. The molecule has 1 unspecified atom stereocenters. The number of carbonyl (C=O) groups excluding carboxylic acids is 1. The molecular formula is C21H21N5O4S2. The molecule has 11 heteroatoms. The van der Waals surface area contributed by atoms with E-state index in [1.807, 2.05) is 36.4 Å². The second-order valence-corrected chi connectivity index (χ2v) is 10.4. The van der Waals surface area contributed by atoms with Crippen molar-refractivity contribution >= 4 is 37.8 Å². The molecule has 9 nitrogen and oxygen atoms in total. The van der Waals surface area contributed by atoms with Crippen LogP contribution in [0.3, 0.4) is 0 Å². The number of nitrogens with zero attached hydrogens (tertiary/aromatic N) is 3. The van der Waals surface area contributed by atoms with Crippen molar-refractivity contribution in [2.45, 2.75) is 19.4 Å². The number of nitriles is 1. The number of hydrogen-bond acceptors (Lipinski definition) is 9. The highest BCUT2D eigenvalue weighted by Gasteiger charge is 2.36. The van der Waals surface area contributed by atoms with E-state index >= 15 is 0 Å². The Morgan fingerprint density at radius 3 is 2.78 bits per heavy atom. The Bertz CT molecular complexity index is 1290. The molecular weight excluding hydrogens is 450 g/mol. The lowest BCUT2D eigenvalue weighted by molar-refractivity contribution is 0.100. The van der Waals surface area contributed by atoms with Gasteiger partial charge in [-0.05, 0) is 19.9 Å². The highest BCUT2D eigenvalue weighted by molar-refractivity contribution is 7.93. The van der Waals surface area contributed by atoms with Crippen LogP contribution in [0, 0.1) is 11.3 Å². The number of nitrogens with one attached hydrogen (secondary N) is 1. The summed E-state index contributed by atoms with van der Waals surface area (Å²) in [5.41, 5.74) is 7.34. The molecule has 1 fully saturated rings. The normalized spacial score (nSPS) is 16.1. The van der Waals surface area contributed by atoms with Gasteiger partial charge in [0.05, 0.1) is 17.5 Å². The van der Waals surface area contributed by atoms with Gasteiger partial charge in [0.25, 0.3) is 0 Å². The fourth-order valence-corrected chi connectivity index (χ4v) is 6.40. The number of aromatic nitrogens is 1. The van der Waals surface area contributed by atoms with E-state index in [1.165, 1.54) is 10.4 Å². The number of nitrogen functional groups attached to an aromatic ring is 1. The van der Waals surface area contributed by atoms with Crippen molar-refractivity contribution in [1.82, 2.24) is 10.5 Å². The first-order valence-corrected chi connectivity index (χ1v) is 12.4. The van der Waals surface area contributed by atoms with Crippen molar-refractivity contribution in [3.05, 3.63) is 52.6 Å². The minimum Gasteiger partial charge on any atom is -0.396 e. The Labute approximate surface area is 189 Å². The minimum atomic E-state index is -3.71. The van der Waals surface area contributed by atoms with Gasteiger partial charge in [0, 0.05) is 18.2 Å². The van der Waals surface area contributed by atoms with Crippen LogP contribution in [-0.2, 0) is 10.0 Å². The fraction of sp³-hybridized carbons (Fsp3) is 0.286. The zero-order chi connectivity index (χ0) is 22.9. The monoisotopic (exact) mass is 471 g/mol. The van der Waals surface area contributed by atoms with Crippen molar-refractivity contribution in [3.63, 3.8) is 0 Å². The van der Waals surface area contributed by atoms with Crippen LogP contribution in [0.2, 0.25) is 0 Å².